The molecule has 1 fully saturated rings. The Morgan fingerprint density at radius 2 is 2.43 bits per heavy atom. The van der Waals surface area contributed by atoms with Gasteiger partial charge >= 0.3 is 0 Å². The SMILES string of the molecule is C=CCC1=CC=C2OCOC2C1CCl. The fourth-order valence-electron chi connectivity index (χ4n) is 1.87. The molecule has 0 bridgehead atoms. The van der Waals surface area contributed by atoms with E-state index in [9.17, 15) is 0 Å². The highest BCUT2D eigenvalue weighted by Crippen LogP contribution is 2.34. The lowest BCUT2D eigenvalue weighted by Gasteiger charge is -2.25. The molecule has 0 N–H and O–H groups in total. The van der Waals surface area contributed by atoms with Gasteiger partial charge in [0.05, 0.1) is 0 Å². The van der Waals surface area contributed by atoms with Gasteiger partial charge in [-0.3, -0.25) is 0 Å². The molecule has 2 atom stereocenters. The summed E-state index contributed by atoms with van der Waals surface area (Å²) in [5.41, 5.74) is 1.27. The molecule has 0 aromatic heterocycles. The van der Waals surface area contributed by atoms with Crippen LogP contribution in [0.5, 0.6) is 0 Å². The molecule has 0 saturated carbocycles. The molecule has 1 saturated heterocycles. The van der Waals surface area contributed by atoms with Crippen LogP contribution in [0.3, 0.4) is 0 Å². The van der Waals surface area contributed by atoms with Crippen molar-refractivity contribution in [2.75, 3.05) is 12.7 Å². The van der Waals surface area contributed by atoms with Crippen LogP contribution in [0.15, 0.2) is 36.1 Å². The molecule has 0 radical (unpaired) electrons. The molecule has 0 amide bonds. The summed E-state index contributed by atoms with van der Waals surface area (Å²) in [5, 5.41) is 0. The fraction of sp³-hybridized carbons (Fsp3) is 0.455. The predicted octanol–water partition coefficient (Wildman–Crippen LogP) is 2.61. The summed E-state index contributed by atoms with van der Waals surface area (Å²) in [6.07, 6.45) is 6.81. The first-order valence-corrected chi connectivity index (χ1v) is 5.22. The van der Waals surface area contributed by atoms with Crippen molar-refractivity contribution < 1.29 is 9.47 Å². The average Bonchev–Trinajstić information content (AvgIpc) is 2.66. The summed E-state index contributed by atoms with van der Waals surface area (Å²) < 4.78 is 10.8. The van der Waals surface area contributed by atoms with Gasteiger partial charge in [0, 0.05) is 11.8 Å². The van der Waals surface area contributed by atoms with Gasteiger partial charge in [-0.2, -0.15) is 0 Å². The van der Waals surface area contributed by atoms with Crippen LogP contribution in [-0.2, 0) is 9.47 Å². The summed E-state index contributed by atoms with van der Waals surface area (Å²) >= 11 is 5.94. The zero-order chi connectivity index (χ0) is 9.97. The molecule has 1 heterocycles. The van der Waals surface area contributed by atoms with Gasteiger partial charge in [0.25, 0.3) is 0 Å². The van der Waals surface area contributed by atoms with Crippen molar-refractivity contribution >= 4 is 11.6 Å². The molecule has 0 aromatic carbocycles. The highest BCUT2D eigenvalue weighted by atomic mass is 35.5. The standard InChI is InChI=1S/C11H13ClO2/c1-2-3-8-4-5-10-11(9(8)6-12)14-7-13-10/h2,4-5,9,11H,1,3,6-7H2. The molecule has 2 rings (SSSR count). The van der Waals surface area contributed by atoms with Crippen LogP contribution >= 0.6 is 11.6 Å². The van der Waals surface area contributed by atoms with Crippen LogP contribution in [0, 0.1) is 5.92 Å². The van der Waals surface area contributed by atoms with E-state index in [1.807, 2.05) is 12.2 Å². The van der Waals surface area contributed by atoms with E-state index in [1.165, 1.54) is 5.57 Å². The molecular weight excluding hydrogens is 200 g/mol. The number of alkyl halides is 1. The van der Waals surface area contributed by atoms with E-state index in [1.54, 1.807) is 0 Å². The summed E-state index contributed by atoms with van der Waals surface area (Å²) in [7, 11) is 0. The smallest absolute Gasteiger partial charge is 0.189 e. The molecule has 0 spiro atoms. The van der Waals surface area contributed by atoms with Crippen LogP contribution in [0.25, 0.3) is 0 Å². The Morgan fingerprint density at radius 3 is 3.14 bits per heavy atom. The topological polar surface area (TPSA) is 18.5 Å². The molecule has 14 heavy (non-hydrogen) atoms. The second kappa shape index (κ2) is 4.20. The summed E-state index contributed by atoms with van der Waals surface area (Å²) in [5.74, 6) is 1.70. The predicted molar refractivity (Wildman–Crippen MR) is 56.0 cm³/mol. The second-order valence-electron chi connectivity index (χ2n) is 3.41. The first-order chi connectivity index (χ1) is 6.86. The third-order valence-electron chi connectivity index (χ3n) is 2.60. The van der Waals surface area contributed by atoms with Crippen LogP contribution in [0.1, 0.15) is 6.42 Å². The zero-order valence-corrected chi connectivity index (χ0v) is 8.67. The molecule has 2 aliphatic rings. The molecule has 2 nitrogen and oxygen atoms in total. The average molecular weight is 213 g/mol. The van der Waals surface area contributed by atoms with E-state index < -0.39 is 0 Å². The van der Waals surface area contributed by atoms with Gasteiger partial charge in [-0.1, -0.05) is 17.7 Å². The number of fused-ring (bicyclic) bond motifs is 1. The number of hydrogen-bond donors (Lipinski definition) is 0. The third kappa shape index (κ3) is 1.60. The lowest BCUT2D eigenvalue weighted by atomic mass is 9.87. The Bertz CT molecular complexity index is 294. The van der Waals surface area contributed by atoms with Gasteiger partial charge in [-0.25, -0.2) is 0 Å². The molecule has 2 unspecified atom stereocenters. The lowest BCUT2D eigenvalue weighted by Crippen LogP contribution is -2.26. The van der Waals surface area contributed by atoms with Gasteiger partial charge in [-0.15, -0.1) is 18.2 Å². The number of rotatable bonds is 3. The maximum Gasteiger partial charge on any atom is 0.189 e. The fourth-order valence-corrected chi connectivity index (χ4v) is 2.23. The summed E-state index contributed by atoms with van der Waals surface area (Å²) in [4.78, 5) is 0. The summed E-state index contributed by atoms with van der Waals surface area (Å²) in [6, 6.07) is 0. The molecule has 1 aliphatic heterocycles. The van der Waals surface area contributed by atoms with Gasteiger partial charge in [-0.05, 0) is 12.5 Å². The van der Waals surface area contributed by atoms with Crippen molar-refractivity contribution in [1.82, 2.24) is 0 Å². The van der Waals surface area contributed by atoms with E-state index in [4.69, 9.17) is 21.1 Å². The van der Waals surface area contributed by atoms with Crippen molar-refractivity contribution in [3.05, 3.63) is 36.1 Å². The largest absolute Gasteiger partial charge is 0.469 e. The van der Waals surface area contributed by atoms with E-state index in [-0.39, 0.29) is 12.0 Å². The van der Waals surface area contributed by atoms with Crippen LogP contribution in [-0.4, -0.2) is 18.8 Å². The summed E-state index contributed by atoms with van der Waals surface area (Å²) in [6.45, 7) is 4.08. The number of ether oxygens (including phenoxy) is 2. The van der Waals surface area contributed by atoms with Crippen molar-refractivity contribution in [3.8, 4) is 0 Å². The van der Waals surface area contributed by atoms with Crippen molar-refractivity contribution in [1.29, 1.82) is 0 Å². The quantitative estimate of drug-likeness (QED) is 0.529. The Balaban J connectivity index is 2.21. The van der Waals surface area contributed by atoms with E-state index in [0.717, 1.165) is 12.2 Å². The normalized spacial score (nSPS) is 30.1. The number of halogens is 1. The van der Waals surface area contributed by atoms with Gasteiger partial charge in [0.2, 0.25) is 0 Å². The van der Waals surface area contributed by atoms with Gasteiger partial charge in [0.15, 0.2) is 6.79 Å². The minimum Gasteiger partial charge on any atom is -0.469 e. The minimum atomic E-state index is 0.0208. The first-order valence-electron chi connectivity index (χ1n) is 4.68. The van der Waals surface area contributed by atoms with E-state index in [0.29, 0.717) is 12.7 Å². The Morgan fingerprint density at radius 1 is 1.57 bits per heavy atom. The van der Waals surface area contributed by atoms with Crippen LogP contribution in [0.2, 0.25) is 0 Å². The molecule has 1 aliphatic carbocycles. The zero-order valence-electron chi connectivity index (χ0n) is 7.91. The Labute approximate surface area is 88.8 Å². The van der Waals surface area contributed by atoms with Crippen LogP contribution in [0.4, 0.5) is 0 Å². The lowest BCUT2D eigenvalue weighted by molar-refractivity contribution is 0.0374. The first kappa shape index (κ1) is 9.81. The van der Waals surface area contributed by atoms with Crippen molar-refractivity contribution in [2.24, 2.45) is 5.92 Å². The van der Waals surface area contributed by atoms with Gasteiger partial charge < -0.3 is 9.47 Å². The number of allylic oxidation sites excluding steroid dienone is 3. The third-order valence-corrected chi connectivity index (χ3v) is 2.94. The molecular formula is C11H13ClO2. The maximum atomic E-state index is 5.94. The number of hydrogen-bond acceptors (Lipinski definition) is 2. The highest BCUT2D eigenvalue weighted by molar-refractivity contribution is 6.18. The Hall–Kier alpha value is -0.730. The monoisotopic (exact) mass is 212 g/mol. The van der Waals surface area contributed by atoms with Crippen molar-refractivity contribution in [3.63, 3.8) is 0 Å². The molecule has 3 heteroatoms. The van der Waals surface area contributed by atoms with E-state index >= 15 is 0 Å². The van der Waals surface area contributed by atoms with Crippen molar-refractivity contribution in [2.45, 2.75) is 12.5 Å². The molecule has 0 aromatic rings. The maximum absolute atomic E-state index is 5.94. The highest BCUT2D eigenvalue weighted by Gasteiger charge is 2.35. The van der Waals surface area contributed by atoms with E-state index in [2.05, 4.69) is 12.7 Å². The minimum absolute atomic E-state index is 0.0208. The Kier molecular flexibility index (Phi) is 2.94. The van der Waals surface area contributed by atoms with Gasteiger partial charge in [0.1, 0.15) is 11.9 Å². The second-order valence-corrected chi connectivity index (χ2v) is 3.72. The van der Waals surface area contributed by atoms with Crippen LogP contribution < -0.4 is 0 Å². The molecule has 76 valence electrons.